The summed E-state index contributed by atoms with van der Waals surface area (Å²) < 4.78 is 5.64. The molecule has 2 aromatic rings. The second-order valence-electron chi connectivity index (χ2n) is 4.39. The van der Waals surface area contributed by atoms with E-state index in [0.717, 1.165) is 16.9 Å². The van der Waals surface area contributed by atoms with Gasteiger partial charge < -0.3 is 4.74 Å². The number of rotatable bonds is 5. The van der Waals surface area contributed by atoms with Crippen LogP contribution >= 0.6 is 0 Å². The fraction of sp³-hybridized carbons (Fsp3) is 0.125. The fourth-order valence-corrected chi connectivity index (χ4v) is 1.70. The largest absolute Gasteiger partial charge is 0.489 e. The van der Waals surface area contributed by atoms with E-state index in [9.17, 15) is 10.1 Å². The molecule has 0 heterocycles. The van der Waals surface area contributed by atoms with Crippen LogP contribution in [-0.4, -0.2) is 4.92 Å². The molecule has 0 saturated carbocycles. The molecule has 0 aromatic heterocycles. The first-order valence-electron chi connectivity index (χ1n) is 6.24. The van der Waals surface area contributed by atoms with Crippen molar-refractivity contribution in [2.75, 3.05) is 0 Å². The summed E-state index contributed by atoms with van der Waals surface area (Å²) in [6, 6.07) is 17.1. The lowest BCUT2D eigenvalue weighted by atomic mass is 10.2. The molecule has 0 spiro atoms. The van der Waals surface area contributed by atoms with Gasteiger partial charge in [0.2, 0.25) is 5.70 Å². The molecule has 4 heteroatoms. The standard InChI is InChI=1S/C16H15NO3/c1-13(17(18)19)11-14-7-9-16(10-8-14)20-12-15-5-3-2-4-6-15/h2-11H,12H2,1H3. The highest BCUT2D eigenvalue weighted by Gasteiger charge is 2.02. The first-order valence-corrected chi connectivity index (χ1v) is 6.24. The van der Waals surface area contributed by atoms with Crippen LogP contribution in [0.3, 0.4) is 0 Å². The molecule has 0 radical (unpaired) electrons. The fourth-order valence-electron chi connectivity index (χ4n) is 1.70. The van der Waals surface area contributed by atoms with Gasteiger partial charge in [0, 0.05) is 13.0 Å². The summed E-state index contributed by atoms with van der Waals surface area (Å²) in [5, 5.41) is 10.5. The summed E-state index contributed by atoms with van der Waals surface area (Å²) in [6.45, 7) is 1.98. The van der Waals surface area contributed by atoms with E-state index in [1.54, 1.807) is 12.1 Å². The lowest BCUT2D eigenvalue weighted by Gasteiger charge is -2.06. The molecule has 0 aliphatic heterocycles. The number of ether oxygens (including phenoxy) is 1. The van der Waals surface area contributed by atoms with Crippen LogP contribution in [0.4, 0.5) is 0 Å². The molecule has 0 aliphatic rings. The van der Waals surface area contributed by atoms with Crippen LogP contribution in [0.2, 0.25) is 0 Å². The number of hydrogen-bond acceptors (Lipinski definition) is 3. The number of allylic oxidation sites excluding steroid dienone is 1. The van der Waals surface area contributed by atoms with Crippen LogP contribution in [0.5, 0.6) is 5.75 Å². The highest BCUT2D eigenvalue weighted by molar-refractivity contribution is 5.51. The van der Waals surface area contributed by atoms with E-state index in [0.29, 0.717) is 6.61 Å². The Kier molecular flexibility index (Phi) is 4.50. The van der Waals surface area contributed by atoms with Gasteiger partial charge in [0.05, 0.1) is 4.92 Å². The Hall–Kier alpha value is -2.62. The van der Waals surface area contributed by atoms with Crippen LogP contribution < -0.4 is 4.74 Å². The minimum absolute atomic E-state index is 0.114. The molecule has 20 heavy (non-hydrogen) atoms. The molecule has 0 bridgehead atoms. The van der Waals surface area contributed by atoms with Gasteiger partial charge in [-0.1, -0.05) is 42.5 Å². The average Bonchev–Trinajstić information content (AvgIpc) is 2.47. The van der Waals surface area contributed by atoms with E-state index >= 15 is 0 Å². The molecule has 0 fully saturated rings. The van der Waals surface area contributed by atoms with E-state index in [4.69, 9.17) is 4.74 Å². The maximum atomic E-state index is 10.5. The van der Waals surface area contributed by atoms with Crippen molar-refractivity contribution in [3.63, 3.8) is 0 Å². The predicted molar refractivity (Wildman–Crippen MR) is 77.9 cm³/mol. The highest BCUT2D eigenvalue weighted by atomic mass is 16.6. The van der Waals surface area contributed by atoms with E-state index in [-0.39, 0.29) is 5.70 Å². The molecule has 0 N–H and O–H groups in total. The quantitative estimate of drug-likeness (QED) is 0.611. The maximum Gasteiger partial charge on any atom is 0.243 e. The van der Waals surface area contributed by atoms with Crippen molar-refractivity contribution in [1.29, 1.82) is 0 Å². The highest BCUT2D eigenvalue weighted by Crippen LogP contribution is 2.16. The third-order valence-corrected chi connectivity index (χ3v) is 2.79. The monoisotopic (exact) mass is 269 g/mol. The zero-order valence-electron chi connectivity index (χ0n) is 11.2. The van der Waals surface area contributed by atoms with Gasteiger partial charge in [-0.05, 0) is 23.3 Å². The van der Waals surface area contributed by atoms with Crippen molar-refractivity contribution in [3.05, 3.63) is 81.5 Å². The summed E-state index contributed by atoms with van der Waals surface area (Å²) in [5.41, 5.74) is 2.00. The van der Waals surface area contributed by atoms with Crippen molar-refractivity contribution in [1.82, 2.24) is 0 Å². The molecule has 0 atom stereocenters. The molecule has 102 valence electrons. The molecule has 0 unspecified atom stereocenters. The SMILES string of the molecule is CC(=Cc1ccc(OCc2ccccc2)cc1)[N+](=O)[O-]. The average molecular weight is 269 g/mol. The van der Waals surface area contributed by atoms with Gasteiger partial charge in [0.1, 0.15) is 12.4 Å². The van der Waals surface area contributed by atoms with Gasteiger partial charge in [-0.15, -0.1) is 0 Å². The van der Waals surface area contributed by atoms with Crippen molar-refractivity contribution in [3.8, 4) is 5.75 Å². The molecule has 0 amide bonds. The summed E-state index contributed by atoms with van der Waals surface area (Å²) in [7, 11) is 0. The van der Waals surface area contributed by atoms with E-state index < -0.39 is 4.92 Å². The van der Waals surface area contributed by atoms with Gasteiger partial charge in [0.25, 0.3) is 0 Å². The molecule has 2 rings (SSSR count). The van der Waals surface area contributed by atoms with Crippen LogP contribution in [0, 0.1) is 10.1 Å². The van der Waals surface area contributed by atoms with E-state index in [1.165, 1.54) is 13.0 Å². The summed E-state index contributed by atoms with van der Waals surface area (Å²) in [6.07, 6.45) is 1.53. The third-order valence-electron chi connectivity index (χ3n) is 2.79. The minimum Gasteiger partial charge on any atom is -0.489 e. The van der Waals surface area contributed by atoms with Gasteiger partial charge in [-0.2, -0.15) is 0 Å². The predicted octanol–water partition coefficient (Wildman–Crippen LogP) is 3.90. The molecular formula is C16H15NO3. The number of hydrogen-bond donors (Lipinski definition) is 0. The number of nitrogens with zero attached hydrogens (tertiary/aromatic N) is 1. The minimum atomic E-state index is -0.403. The smallest absolute Gasteiger partial charge is 0.243 e. The Bertz CT molecular complexity index is 603. The summed E-state index contributed by atoms with van der Waals surface area (Å²) >= 11 is 0. The van der Waals surface area contributed by atoms with Crippen molar-refractivity contribution in [2.24, 2.45) is 0 Å². The molecule has 0 aliphatic carbocycles. The number of benzene rings is 2. The second kappa shape index (κ2) is 6.52. The normalized spacial score (nSPS) is 11.2. The van der Waals surface area contributed by atoms with E-state index in [1.807, 2.05) is 42.5 Å². The van der Waals surface area contributed by atoms with Crippen molar-refractivity contribution >= 4 is 6.08 Å². The van der Waals surface area contributed by atoms with Gasteiger partial charge in [-0.3, -0.25) is 10.1 Å². The van der Waals surface area contributed by atoms with Gasteiger partial charge >= 0.3 is 0 Å². The Morgan fingerprint density at radius 1 is 1.15 bits per heavy atom. The zero-order valence-corrected chi connectivity index (χ0v) is 11.2. The van der Waals surface area contributed by atoms with Crippen molar-refractivity contribution in [2.45, 2.75) is 13.5 Å². The summed E-state index contributed by atoms with van der Waals surface area (Å²) in [4.78, 5) is 10.1. The van der Waals surface area contributed by atoms with Crippen LogP contribution in [0.1, 0.15) is 18.1 Å². The Labute approximate surface area is 117 Å². The molecule has 4 nitrogen and oxygen atoms in total. The topological polar surface area (TPSA) is 52.4 Å². The lowest BCUT2D eigenvalue weighted by molar-refractivity contribution is -0.422. The second-order valence-corrected chi connectivity index (χ2v) is 4.39. The molecular weight excluding hydrogens is 254 g/mol. The molecule has 2 aromatic carbocycles. The van der Waals surface area contributed by atoms with E-state index in [2.05, 4.69) is 0 Å². The Morgan fingerprint density at radius 2 is 1.80 bits per heavy atom. The maximum absolute atomic E-state index is 10.5. The van der Waals surface area contributed by atoms with Gasteiger partial charge in [0.15, 0.2) is 0 Å². The Balaban J connectivity index is 1.98. The molecule has 0 saturated heterocycles. The first kappa shape index (κ1) is 13.8. The van der Waals surface area contributed by atoms with Crippen LogP contribution in [-0.2, 0) is 6.61 Å². The van der Waals surface area contributed by atoms with Crippen molar-refractivity contribution < 1.29 is 9.66 Å². The lowest BCUT2D eigenvalue weighted by Crippen LogP contribution is -1.95. The first-order chi connectivity index (χ1) is 9.65. The summed E-state index contributed by atoms with van der Waals surface area (Å²) in [5.74, 6) is 0.741. The van der Waals surface area contributed by atoms with Crippen LogP contribution in [0.25, 0.3) is 6.08 Å². The third kappa shape index (κ3) is 3.95. The Morgan fingerprint density at radius 3 is 2.40 bits per heavy atom. The number of nitro groups is 1. The zero-order chi connectivity index (χ0) is 14.4. The van der Waals surface area contributed by atoms with Crippen LogP contribution in [0.15, 0.2) is 60.3 Å². The van der Waals surface area contributed by atoms with Gasteiger partial charge in [-0.25, -0.2) is 0 Å².